The number of aromatic nitrogens is 1. The molecule has 0 atom stereocenters. The van der Waals surface area contributed by atoms with Gasteiger partial charge in [-0.1, -0.05) is 24.3 Å². The second-order valence-corrected chi connectivity index (χ2v) is 7.78. The minimum atomic E-state index is 0.453. The van der Waals surface area contributed by atoms with E-state index < -0.39 is 0 Å². The molecule has 0 unspecified atom stereocenters. The van der Waals surface area contributed by atoms with Crippen LogP contribution in [0.1, 0.15) is 31.2 Å². The van der Waals surface area contributed by atoms with Gasteiger partial charge in [-0.15, -0.1) is 0 Å². The summed E-state index contributed by atoms with van der Waals surface area (Å²) in [6.07, 6.45) is 4.89. The zero-order valence-electron chi connectivity index (χ0n) is 17.7. The van der Waals surface area contributed by atoms with E-state index in [0.717, 1.165) is 73.8 Å². The van der Waals surface area contributed by atoms with Crippen molar-refractivity contribution in [1.29, 1.82) is 0 Å². The zero-order valence-corrected chi connectivity index (χ0v) is 17.7. The highest BCUT2D eigenvalue weighted by Gasteiger charge is 2.20. The predicted molar refractivity (Wildman–Crippen MR) is 122 cm³/mol. The minimum absolute atomic E-state index is 0.453. The maximum absolute atomic E-state index is 5.90. The SMILES string of the molecule is CCNC(=NCCc1cc2ccccc2o1)NC1CCN(Cc2ccccn2)CC1. The Morgan fingerprint density at radius 1 is 1.17 bits per heavy atom. The van der Waals surface area contributed by atoms with Crippen LogP contribution in [-0.4, -0.2) is 48.1 Å². The number of guanidine groups is 1. The number of benzene rings is 1. The molecule has 1 aliphatic rings. The van der Waals surface area contributed by atoms with Crippen LogP contribution in [0.15, 0.2) is 64.1 Å². The van der Waals surface area contributed by atoms with Gasteiger partial charge < -0.3 is 15.1 Å². The lowest BCUT2D eigenvalue weighted by molar-refractivity contribution is 0.196. The molecule has 0 radical (unpaired) electrons. The number of nitrogens with one attached hydrogen (secondary N) is 2. The summed E-state index contributed by atoms with van der Waals surface area (Å²) in [5.41, 5.74) is 2.09. The van der Waals surface area contributed by atoms with E-state index in [1.54, 1.807) is 0 Å². The van der Waals surface area contributed by atoms with Crippen LogP contribution in [0.4, 0.5) is 0 Å². The summed E-state index contributed by atoms with van der Waals surface area (Å²) < 4.78 is 5.90. The van der Waals surface area contributed by atoms with Crippen LogP contribution in [-0.2, 0) is 13.0 Å². The number of rotatable bonds is 7. The Balaban J connectivity index is 1.26. The van der Waals surface area contributed by atoms with Crippen molar-refractivity contribution < 1.29 is 4.42 Å². The van der Waals surface area contributed by atoms with E-state index in [1.165, 1.54) is 0 Å². The first-order chi connectivity index (χ1) is 14.8. The Morgan fingerprint density at radius 2 is 2.00 bits per heavy atom. The quantitative estimate of drug-likeness (QED) is 0.465. The molecule has 2 N–H and O–H groups in total. The number of aliphatic imine (C=N–C) groups is 1. The van der Waals surface area contributed by atoms with Crippen molar-refractivity contribution in [3.63, 3.8) is 0 Å². The fourth-order valence-electron chi connectivity index (χ4n) is 3.91. The molecular weight excluding hydrogens is 374 g/mol. The smallest absolute Gasteiger partial charge is 0.191 e. The molecule has 1 fully saturated rings. The molecule has 1 aliphatic heterocycles. The molecule has 158 valence electrons. The van der Waals surface area contributed by atoms with Gasteiger partial charge in [0.05, 0.1) is 5.69 Å². The molecule has 4 rings (SSSR count). The van der Waals surface area contributed by atoms with Crippen molar-refractivity contribution in [3.05, 3.63) is 66.2 Å². The van der Waals surface area contributed by atoms with E-state index in [1.807, 2.05) is 30.5 Å². The molecule has 3 aromatic rings. The lowest BCUT2D eigenvalue weighted by Gasteiger charge is -2.32. The summed E-state index contributed by atoms with van der Waals surface area (Å²) in [5, 5.41) is 8.15. The van der Waals surface area contributed by atoms with Crippen LogP contribution in [0.5, 0.6) is 0 Å². The molecule has 6 nitrogen and oxygen atoms in total. The molecule has 1 aromatic carbocycles. The van der Waals surface area contributed by atoms with E-state index in [0.29, 0.717) is 12.6 Å². The number of likely N-dealkylation sites (tertiary alicyclic amines) is 1. The third kappa shape index (κ3) is 5.60. The number of furan rings is 1. The minimum Gasteiger partial charge on any atom is -0.461 e. The Kier molecular flexibility index (Phi) is 6.98. The summed E-state index contributed by atoms with van der Waals surface area (Å²) in [5.74, 6) is 1.88. The fraction of sp³-hybridized carbons (Fsp3) is 0.417. The van der Waals surface area contributed by atoms with Gasteiger partial charge in [0.1, 0.15) is 11.3 Å². The molecule has 30 heavy (non-hydrogen) atoms. The van der Waals surface area contributed by atoms with Gasteiger partial charge in [-0.3, -0.25) is 14.9 Å². The molecule has 0 spiro atoms. The van der Waals surface area contributed by atoms with Crippen molar-refractivity contribution in [2.24, 2.45) is 4.99 Å². The third-order valence-electron chi connectivity index (χ3n) is 5.49. The van der Waals surface area contributed by atoms with Crippen molar-refractivity contribution >= 4 is 16.9 Å². The highest BCUT2D eigenvalue weighted by Crippen LogP contribution is 2.19. The van der Waals surface area contributed by atoms with Gasteiger partial charge in [0.15, 0.2) is 5.96 Å². The molecule has 3 heterocycles. The van der Waals surface area contributed by atoms with Gasteiger partial charge in [0.2, 0.25) is 0 Å². The first kappa shape index (κ1) is 20.4. The first-order valence-electron chi connectivity index (χ1n) is 10.9. The van der Waals surface area contributed by atoms with E-state index in [-0.39, 0.29) is 0 Å². The fourth-order valence-corrected chi connectivity index (χ4v) is 3.91. The van der Waals surface area contributed by atoms with Gasteiger partial charge >= 0.3 is 0 Å². The molecule has 0 aliphatic carbocycles. The lowest BCUT2D eigenvalue weighted by Crippen LogP contribution is -2.48. The summed E-state index contributed by atoms with van der Waals surface area (Å²) in [6, 6.07) is 16.8. The topological polar surface area (TPSA) is 65.7 Å². The number of nitrogens with zero attached hydrogens (tertiary/aromatic N) is 3. The van der Waals surface area contributed by atoms with Crippen LogP contribution in [0.3, 0.4) is 0 Å². The number of pyridine rings is 1. The highest BCUT2D eigenvalue weighted by molar-refractivity contribution is 5.80. The number of piperidine rings is 1. The van der Waals surface area contributed by atoms with Gasteiger partial charge in [0, 0.05) is 56.8 Å². The largest absolute Gasteiger partial charge is 0.461 e. The average molecular weight is 406 g/mol. The second kappa shape index (κ2) is 10.3. The van der Waals surface area contributed by atoms with Crippen molar-refractivity contribution in [3.8, 4) is 0 Å². The van der Waals surface area contributed by atoms with Crippen LogP contribution in [0.2, 0.25) is 0 Å². The second-order valence-electron chi connectivity index (χ2n) is 7.78. The zero-order chi connectivity index (χ0) is 20.6. The average Bonchev–Trinajstić information content (AvgIpc) is 3.19. The normalized spacial score (nSPS) is 16.1. The Bertz CT molecular complexity index is 911. The molecule has 6 heteroatoms. The molecule has 0 bridgehead atoms. The molecule has 1 saturated heterocycles. The van der Waals surface area contributed by atoms with Crippen LogP contribution >= 0.6 is 0 Å². The van der Waals surface area contributed by atoms with Crippen molar-refractivity contribution in [2.45, 2.75) is 38.8 Å². The van der Waals surface area contributed by atoms with Crippen molar-refractivity contribution in [1.82, 2.24) is 20.5 Å². The number of hydrogen-bond donors (Lipinski definition) is 2. The summed E-state index contributed by atoms with van der Waals surface area (Å²) in [4.78, 5) is 11.7. The first-order valence-corrected chi connectivity index (χ1v) is 10.9. The molecular formula is C24H31N5O. The highest BCUT2D eigenvalue weighted by atomic mass is 16.3. The van der Waals surface area contributed by atoms with Gasteiger partial charge in [-0.05, 0) is 44.0 Å². The van der Waals surface area contributed by atoms with Gasteiger partial charge in [-0.25, -0.2) is 0 Å². The maximum atomic E-state index is 5.90. The van der Waals surface area contributed by atoms with Gasteiger partial charge in [-0.2, -0.15) is 0 Å². The Hall–Kier alpha value is -2.86. The van der Waals surface area contributed by atoms with E-state index >= 15 is 0 Å². The summed E-state index contributed by atoms with van der Waals surface area (Å²) in [7, 11) is 0. The summed E-state index contributed by atoms with van der Waals surface area (Å²) >= 11 is 0. The Labute approximate surface area is 178 Å². The monoisotopic (exact) mass is 405 g/mol. The predicted octanol–water partition coefficient (Wildman–Crippen LogP) is 3.59. The summed E-state index contributed by atoms with van der Waals surface area (Å²) in [6.45, 7) is 6.74. The number of para-hydroxylation sites is 1. The molecule has 0 saturated carbocycles. The van der Waals surface area contributed by atoms with E-state index in [4.69, 9.17) is 9.41 Å². The Morgan fingerprint density at radius 3 is 2.77 bits per heavy atom. The van der Waals surface area contributed by atoms with Crippen LogP contribution < -0.4 is 10.6 Å². The van der Waals surface area contributed by atoms with Crippen LogP contribution in [0, 0.1) is 0 Å². The third-order valence-corrected chi connectivity index (χ3v) is 5.49. The standard InChI is InChI=1S/C24H31N5O/c1-2-25-24(27-14-10-22-17-19-7-3-4-9-23(19)30-22)28-20-11-15-29(16-12-20)18-21-8-5-6-13-26-21/h3-9,13,17,20H,2,10-12,14-16,18H2,1H3,(H2,25,27,28). The maximum Gasteiger partial charge on any atom is 0.191 e. The molecule has 0 amide bonds. The van der Waals surface area contributed by atoms with Gasteiger partial charge in [0.25, 0.3) is 0 Å². The van der Waals surface area contributed by atoms with E-state index in [9.17, 15) is 0 Å². The molecule has 2 aromatic heterocycles. The number of fused-ring (bicyclic) bond motifs is 1. The van der Waals surface area contributed by atoms with Crippen LogP contribution in [0.25, 0.3) is 11.0 Å². The van der Waals surface area contributed by atoms with E-state index in [2.05, 4.69) is 51.7 Å². The number of hydrogen-bond acceptors (Lipinski definition) is 4. The van der Waals surface area contributed by atoms with Crippen molar-refractivity contribution in [2.75, 3.05) is 26.2 Å². The lowest BCUT2D eigenvalue weighted by atomic mass is 10.0.